The molecule has 186 valence electrons. The maximum Gasteiger partial charge on any atom is 0.309 e. The molecule has 0 spiro atoms. The Hall–Kier alpha value is -3.34. The van der Waals surface area contributed by atoms with E-state index in [1.165, 1.54) is 46.4 Å². The number of alkyl halides is 2. The smallest absolute Gasteiger partial charge is 0.309 e. The van der Waals surface area contributed by atoms with Crippen molar-refractivity contribution in [1.82, 2.24) is 4.98 Å². The Balaban J connectivity index is 2.15. The van der Waals surface area contributed by atoms with Crippen molar-refractivity contribution in [2.45, 2.75) is 38.9 Å². The number of pyridine rings is 1. The molecule has 0 aliphatic heterocycles. The normalized spacial score (nSPS) is 13.8. The number of aromatic hydroxyl groups is 1. The number of carbonyl (C=O) groups is 2. The number of ether oxygens (including phenoxy) is 4. The first-order valence-electron chi connectivity index (χ1n) is 10.3. The topological polar surface area (TPSA) is 104 Å². The van der Waals surface area contributed by atoms with Gasteiger partial charge in [-0.05, 0) is 19.1 Å². The van der Waals surface area contributed by atoms with Gasteiger partial charge in [0.25, 0.3) is 6.43 Å². The van der Waals surface area contributed by atoms with Crippen molar-refractivity contribution >= 4 is 11.8 Å². The number of esters is 1. The molecular formula is C23H26F3NO7. The van der Waals surface area contributed by atoms with Gasteiger partial charge in [0.1, 0.15) is 30.4 Å². The van der Waals surface area contributed by atoms with Crippen molar-refractivity contribution in [3.63, 3.8) is 0 Å². The highest BCUT2D eigenvalue weighted by Crippen LogP contribution is 2.33. The van der Waals surface area contributed by atoms with Crippen molar-refractivity contribution < 1.29 is 46.8 Å². The number of halogens is 3. The van der Waals surface area contributed by atoms with Crippen LogP contribution in [0.2, 0.25) is 0 Å². The molecule has 1 heterocycles. The van der Waals surface area contributed by atoms with Gasteiger partial charge in [-0.25, -0.2) is 18.2 Å². The lowest BCUT2D eigenvalue weighted by atomic mass is 10.0. The van der Waals surface area contributed by atoms with Crippen LogP contribution in [-0.2, 0) is 14.3 Å². The third-order valence-electron chi connectivity index (χ3n) is 4.90. The van der Waals surface area contributed by atoms with Gasteiger partial charge < -0.3 is 24.1 Å². The third-order valence-corrected chi connectivity index (χ3v) is 4.90. The molecule has 0 fully saturated rings. The van der Waals surface area contributed by atoms with Crippen LogP contribution < -0.4 is 9.47 Å². The highest BCUT2D eigenvalue weighted by atomic mass is 19.3. The Morgan fingerprint density at radius 1 is 1.09 bits per heavy atom. The van der Waals surface area contributed by atoms with Gasteiger partial charge >= 0.3 is 5.97 Å². The summed E-state index contributed by atoms with van der Waals surface area (Å²) < 4.78 is 59.9. The number of ketones is 1. The number of aromatic nitrogens is 1. The lowest BCUT2D eigenvalue weighted by Crippen LogP contribution is -2.29. The van der Waals surface area contributed by atoms with E-state index < -0.39 is 54.5 Å². The van der Waals surface area contributed by atoms with Crippen LogP contribution >= 0.6 is 0 Å². The van der Waals surface area contributed by atoms with Crippen molar-refractivity contribution in [2.24, 2.45) is 5.92 Å². The van der Waals surface area contributed by atoms with Crippen molar-refractivity contribution in [1.29, 1.82) is 0 Å². The monoisotopic (exact) mass is 485 g/mol. The fraction of sp³-hybridized carbons (Fsp3) is 0.435. The summed E-state index contributed by atoms with van der Waals surface area (Å²) >= 11 is 0. The van der Waals surface area contributed by atoms with E-state index in [2.05, 4.69) is 4.98 Å². The predicted molar refractivity (Wildman–Crippen MR) is 114 cm³/mol. The second-order valence-electron chi connectivity index (χ2n) is 7.41. The second-order valence-corrected chi connectivity index (χ2v) is 7.41. The summed E-state index contributed by atoms with van der Waals surface area (Å²) in [5.74, 6) is -3.38. The van der Waals surface area contributed by atoms with Crippen LogP contribution in [0.25, 0.3) is 0 Å². The molecule has 0 amide bonds. The van der Waals surface area contributed by atoms with Gasteiger partial charge in [-0.1, -0.05) is 6.92 Å². The number of hydrogen-bond donors (Lipinski definition) is 1. The van der Waals surface area contributed by atoms with Gasteiger partial charge in [0.15, 0.2) is 23.0 Å². The van der Waals surface area contributed by atoms with Crippen LogP contribution in [0, 0.1) is 11.7 Å². The Morgan fingerprint density at radius 3 is 2.38 bits per heavy atom. The van der Waals surface area contributed by atoms with E-state index in [1.807, 2.05) is 0 Å². The van der Waals surface area contributed by atoms with Crippen LogP contribution in [-0.4, -0.2) is 55.2 Å². The molecule has 34 heavy (non-hydrogen) atoms. The summed E-state index contributed by atoms with van der Waals surface area (Å²) in [5, 5.41) is 10.1. The Labute approximate surface area is 194 Å². The van der Waals surface area contributed by atoms with Crippen molar-refractivity contribution in [3.8, 4) is 17.2 Å². The zero-order valence-electron chi connectivity index (χ0n) is 19.1. The van der Waals surface area contributed by atoms with E-state index >= 15 is 0 Å². The average Bonchev–Trinajstić information content (AvgIpc) is 2.79. The number of nitrogens with zero attached hydrogens (tertiary/aromatic N) is 1. The molecule has 0 aliphatic carbocycles. The highest BCUT2D eigenvalue weighted by molar-refractivity contribution is 5.99. The van der Waals surface area contributed by atoms with Crippen LogP contribution in [0.3, 0.4) is 0 Å². The van der Waals surface area contributed by atoms with Gasteiger partial charge in [0, 0.05) is 30.3 Å². The summed E-state index contributed by atoms with van der Waals surface area (Å²) in [7, 11) is 2.59. The van der Waals surface area contributed by atoms with Crippen LogP contribution in [0.5, 0.6) is 17.2 Å². The SMILES string of the molecule is COc1cc(F)ccc1[C@@H](OCC(F)F)[C@H](C)OC(=O)[C@H](C)CC(=O)c1nccc(OC)c1O. The summed E-state index contributed by atoms with van der Waals surface area (Å²) in [4.78, 5) is 29.0. The molecule has 2 aromatic rings. The van der Waals surface area contributed by atoms with Gasteiger partial charge in [-0.2, -0.15) is 0 Å². The molecule has 2 rings (SSSR count). The number of rotatable bonds is 12. The minimum absolute atomic E-state index is 0.0324. The molecule has 3 atom stereocenters. The maximum atomic E-state index is 13.6. The van der Waals surface area contributed by atoms with Gasteiger partial charge in [0.2, 0.25) is 0 Å². The molecule has 0 radical (unpaired) electrons. The zero-order valence-corrected chi connectivity index (χ0v) is 19.1. The number of carbonyl (C=O) groups excluding carboxylic acids is 2. The number of methoxy groups -OCH3 is 2. The minimum Gasteiger partial charge on any atom is -0.503 e. The maximum absolute atomic E-state index is 13.6. The standard InChI is InChI=1S/C23H26F3NO7/c1-12(9-16(28)20-21(29)17(31-3)7-8-27-20)23(30)34-13(2)22(33-11-19(25)26)15-6-5-14(24)10-18(15)32-4/h5-8,10,12-13,19,22,29H,9,11H2,1-4H3/t12-,13+,22+/m1/s1. The molecule has 1 N–H and O–H groups in total. The molecule has 0 saturated carbocycles. The molecule has 0 unspecified atom stereocenters. The molecule has 0 aliphatic rings. The number of hydrogen-bond acceptors (Lipinski definition) is 8. The minimum atomic E-state index is -2.79. The van der Waals surface area contributed by atoms with E-state index in [0.717, 1.165) is 12.1 Å². The Kier molecular flexibility index (Phi) is 9.67. The summed E-state index contributed by atoms with van der Waals surface area (Å²) in [6.45, 7) is 1.89. The average molecular weight is 485 g/mol. The summed E-state index contributed by atoms with van der Waals surface area (Å²) in [6.07, 6.45) is -4.15. The van der Waals surface area contributed by atoms with Crippen LogP contribution in [0.1, 0.15) is 42.4 Å². The first kappa shape index (κ1) is 26.9. The lowest BCUT2D eigenvalue weighted by molar-refractivity contribution is -0.162. The summed E-state index contributed by atoms with van der Waals surface area (Å²) in [6, 6.07) is 4.81. The van der Waals surface area contributed by atoms with E-state index in [-0.39, 0.29) is 29.2 Å². The summed E-state index contributed by atoms with van der Waals surface area (Å²) in [5.41, 5.74) is -0.0553. The molecule has 8 nitrogen and oxygen atoms in total. The third kappa shape index (κ3) is 6.83. The zero-order chi connectivity index (χ0) is 25.4. The molecule has 1 aromatic carbocycles. The molecule has 1 aromatic heterocycles. The van der Waals surface area contributed by atoms with E-state index in [1.54, 1.807) is 0 Å². The van der Waals surface area contributed by atoms with E-state index in [0.29, 0.717) is 0 Å². The van der Waals surface area contributed by atoms with Crippen molar-refractivity contribution in [3.05, 3.63) is 47.5 Å². The first-order valence-corrected chi connectivity index (χ1v) is 10.3. The molecule has 0 bridgehead atoms. The van der Waals surface area contributed by atoms with Crippen LogP contribution in [0.4, 0.5) is 13.2 Å². The fourth-order valence-electron chi connectivity index (χ4n) is 3.20. The predicted octanol–water partition coefficient (Wildman–Crippen LogP) is 4.11. The van der Waals surface area contributed by atoms with E-state index in [4.69, 9.17) is 18.9 Å². The van der Waals surface area contributed by atoms with E-state index in [9.17, 15) is 27.9 Å². The van der Waals surface area contributed by atoms with Gasteiger partial charge in [0.05, 0.1) is 20.1 Å². The van der Waals surface area contributed by atoms with Crippen LogP contribution in [0.15, 0.2) is 30.5 Å². The first-order chi connectivity index (χ1) is 16.1. The molecular weight excluding hydrogens is 459 g/mol. The van der Waals surface area contributed by atoms with Gasteiger partial charge in [-0.15, -0.1) is 0 Å². The highest BCUT2D eigenvalue weighted by Gasteiger charge is 2.30. The second kappa shape index (κ2) is 12.2. The number of Topliss-reactive ketones (excluding diaryl/α,β-unsaturated/α-hetero) is 1. The molecule has 0 saturated heterocycles. The fourth-order valence-corrected chi connectivity index (χ4v) is 3.20. The lowest BCUT2D eigenvalue weighted by Gasteiger charge is -2.27. The largest absolute Gasteiger partial charge is 0.503 e. The number of benzene rings is 1. The molecule has 11 heteroatoms. The Morgan fingerprint density at radius 2 is 1.76 bits per heavy atom. The Bertz CT molecular complexity index is 1000. The van der Waals surface area contributed by atoms with Crippen molar-refractivity contribution in [2.75, 3.05) is 20.8 Å². The quantitative estimate of drug-likeness (QED) is 0.354. The van der Waals surface area contributed by atoms with Gasteiger partial charge in [-0.3, -0.25) is 9.59 Å².